The average Bonchev–Trinajstić information content (AvgIpc) is 4.03. The van der Waals surface area contributed by atoms with Gasteiger partial charge in [-0.3, -0.25) is 24.5 Å². The topological polar surface area (TPSA) is 242 Å². The standard InChI is InChI=1S/C48H71BrClN5O15/c1-30-12-11-13-37(64-8)48(62)28-36(68-46(61)53-48)31(2)44-47(4,70-44)38(27-42(59)55(6)34-25-33(24-30)26-35(63-7)43(34)50)69-45(60)32(3)54(5)41(58)15-10-9-14-39(56)51-16-18-65-20-22-67-23-21-66-19-17-52-40(57)29-49/h11-13,25-26,31-32,36-38,44,62H,9-10,14-24,27-29H2,1-8H3,(H,51,56)(H,52,57)(H,53,61). The van der Waals surface area contributed by atoms with Crippen molar-refractivity contribution < 1.29 is 71.8 Å². The number of alkyl carbamates (subject to hydrolysis) is 1. The minimum Gasteiger partial charge on any atom is -0.495 e. The number of aliphatic hydroxyl groups is 1. The number of rotatable bonds is 23. The molecule has 4 bridgehead atoms. The van der Waals surface area contributed by atoms with Crippen LogP contribution in [-0.4, -0.2) is 174 Å². The molecule has 0 saturated carbocycles. The van der Waals surface area contributed by atoms with Crippen molar-refractivity contribution >= 4 is 68.9 Å². The molecule has 8 unspecified atom stereocenters. The van der Waals surface area contributed by atoms with Gasteiger partial charge in [-0.2, -0.15) is 0 Å². The molecule has 20 nitrogen and oxygen atoms in total. The molecular formula is C48H71BrClN5O15. The number of carbonyl (C=O) groups is 6. The number of esters is 1. The number of fused-ring (bicyclic) bond motifs is 5. The van der Waals surface area contributed by atoms with Crippen LogP contribution in [0, 0.1) is 5.92 Å². The minimum absolute atomic E-state index is 0.0655. The van der Waals surface area contributed by atoms with E-state index in [0.29, 0.717) is 83.4 Å². The fraction of sp³-hybridized carbons (Fsp3) is 0.667. The molecule has 3 heterocycles. The van der Waals surface area contributed by atoms with Crippen LogP contribution in [0.2, 0.25) is 5.02 Å². The lowest BCUT2D eigenvalue weighted by Crippen LogP contribution is -2.63. The Bertz CT molecular complexity index is 2030. The monoisotopic (exact) mass is 1070 g/mol. The van der Waals surface area contributed by atoms with E-state index in [2.05, 4.69) is 31.9 Å². The quantitative estimate of drug-likeness (QED) is 0.0528. The predicted molar refractivity (Wildman–Crippen MR) is 262 cm³/mol. The number of nitrogens with one attached hydrogen (secondary N) is 3. The van der Waals surface area contributed by atoms with E-state index < -0.39 is 65.7 Å². The van der Waals surface area contributed by atoms with Gasteiger partial charge in [-0.05, 0) is 57.7 Å². The maximum Gasteiger partial charge on any atom is 0.409 e. The number of methoxy groups -OCH3 is 2. The van der Waals surface area contributed by atoms with Crippen molar-refractivity contribution in [2.45, 2.75) is 114 Å². The molecule has 0 aliphatic carbocycles. The number of anilines is 1. The first-order chi connectivity index (χ1) is 33.3. The van der Waals surface area contributed by atoms with Crippen LogP contribution in [0.3, 0.4) is 0 Å². The number of hydrogen-bond acceptors (Lipinski definition) is 15. The van der Waals surface area contributed by atoms with Gasteiger partial charge >= 0.3 is 12.1 Å². The van der Waals surface area contributed by atoms with Gasteiger partial charge in [0.25, 0.3) is 0 Å². The molecule has 2 saturated heterocycles. The van der Waals surface area contributed by atoms with Crippen molar-refractivity contribution in [2.24, 2.45) is 5.92 Å². The number of unbranched alkanes of at least 4 members (excludes halogenated alkanes) is 1. The maximum absolute atomic E-state index is 14.3. The number of nitrogens with zero attached hydrogens (tertiary/aromatic N) is 2. The molecular weight excluding hydrogens is 1000 g/mol. The van der Waals surface area contributed by atoms with Gasteiger partial charge < -0.3 is 63.4 Å². The molecule has 0 spiro atoms. The summed E-state index contributed by atoms with van der Waals surface area (Å²) in [6.45, 7) is 9.81. The number of amides is 5. The Morgan fingerprint density at radius 1 is 1.01 bits per heavy atom. The molecule has 3 aliphatic rings. The Morgan fingerprint density at radius 3 is 2.27 bits per heavy atom. The average molecular weight is 1070 g/mol. The van der Waals surface area contributed by atoms with Crippen molar-refractivity contribution in [1.82, 2.24) is 20.9 Å². The Kier molecular flexibility index (Phi) is 23.3. The molecule has 4 rings (SSSR count). The fourth-order valence-electron chi connectivity index (χ4n) is 8.16. The number of likely N-dealkylation sites (N-methyl/N-ethyl adjacent to an activating group) is 1. The Morgan fingerprint density at radius 2 is 1.64 bits per heavy atom. The van der Waals surface area contributed by atoms with Crippen LogP contribution >= 0.6 is 27.5 Å². The molecule has 5 amide bonds. The van der Waals surface area contributed by atoms with E-state index in [4.69, 9.17) is 49.5 Å². The Labute approximate surface area is 423 Å². The van der Waals surface area contributed by atoms with Crippen LogP contribution in [0.1, 0.15) is 71.8 Å². The summed E-state index contributed by atoms with van der Waals surface area (Å²) in [5.41, 5.74) is -1.09. The van der Waals surface area contributed by atoms with Crippen LogP contribution in [0.5, 0.6) is 5.75 Å². The highest BCUT2D eigenvalue weighted by Crippen LogP contribution is 2.49. The highest BCUT2D eigenvalue weighted by atomic mass is 79.9. The van der Waals surface area contributed by atoms with E-state index in [1.54, 1.807) is 45.2 Å². The van der Waals surface area contributed by atoms with Crippen LogP contribution in [0.15, 0.2) is 35.9 Å². The lowest BCUT2D eigenvalue weighted by Gasteiger charge is -2.42. The van der Waals surface area contributed by atoms with Crippen molar-refractivity contribution in [2.75, 3.05) is 91.3 Å². The van der Waals surface area contributed by atoms with Crippen molar-refractivity contribution in [3.63, 3.8) is 0 Å². The largest absolute Gasteiger partial charge is 0.495 e. The van der Waals surface area contributed by atoms with E-state index in [1.165, 1.54) is 38.0 Å². The normalized spacial score (nSPS) is 25.1. The number of carbonyl (C=O) groups excluding carboxylic acids is 6. The van der Waals surface area contributed by atoms with Gasteiger partial charge in [0.1, 0.15) is 40.7 Å². The molecule has 2 fully saturated rings. The number of hydrogen-bond donors (Lipinski definition) is 4. The first-order valence-electron chi connectivity index (χ1n) is 23.5. The molecule has 392 valence electrons. The zero-order valence-electron chi connectivity index (χ0n) is 41.5. The predicted octanol–water partition coefficient (Wildman–Crippen LogP) is 3.75. The van der Waals surface area contributed by atoms with Crippen LogP contribution in [0.25, 0.3) is 0 Å². The summed E-state index contributed by atoms with van der Waals surface area (Å²) in [5, 5.41) is 20.2. The minimum atomic E-state index is -1.86. The third-order valence-electron chi connectivity index (χ3n) is 12.6. The summed E-state index contributed by atoms with van der Waals surface area (Å²) in [4.78, 5) is 80.8. The number of benzene rings is 1. The van der Waals surface area contributed by atoms with Gasteiger partial charge in [-0.1, -0.05) is 58.3 Å². The highest BCUT2D eigenvalue weighted by molar-refractivity contribution is 9.09. The lowest BCUT2D eigenvalue weighted by atomic mass is 9.83. The molecule has 70 heavy (non-hydrogen) atoms. The zero-order chi connectivity index (χ0) is 51.6. The second-order valence-corrected chi connectivity index (χ2v) is 18.7. The lowest BCUT2D eigenvalue weighted by molar-refractivity contribution is -0.162. The number of epoxide rings is 1. The first-order valence-corrected chi connectivity index (χ1v) is 25.0. The van der Waals surface area contributed by atoms with Gasteiger partial charge in [0.05, 0.1) is 70.3 Å². The second-order valence-electron chi connectivity index (χ2n) is 17.8. The molecule has 8 atom stereocenters. The molecule has 4 N–H and O–H groups in total. The SMILES string of the molecule is COc1cc2cc(c1Cl)N(C)C(=O)CC(OC(=O)C(C)N(C)C(=O)CCCCC(=O)NCCOCCOCCOCCNC(=O)CBr)C1(C)OC1C(C)C1CC(O)(NC(=O)O1)C(OC)C=CC=C(C)C2. The number of allylic oxidation sites excluding steroid dienone is 3. The van der Waals surface area contributed by atoms with Crippen molar-refractivity contribution in [3.05, 3.63) is 46.5 Å². The molecule has 22 heteroatoms. The summed E-state index contributed by atoms with van der Waals surface area (Å²) >= 11 is 9.87. The summed E-state index contributed by atoms with van der Waals surface area (Å²) in [6, 6.07) is 2.48. The van der Waals surface area contributed by atoms with E-state index in [-0.39, 0.29) is 53.8 Å². The second kappa shape index (κ2) is 28.0. The maximum atomic E-state index is 14.3. The summed E-state index contributed by atoms with van der Waals surface area (Å²) < 4.78 is 45.7. The van der Waals surface area contributed by atoms with Crippen LogP contribution in [0.4, 0.5) is 10.5 Å². The highest BCUT2D eigenvalue weighted by Gasteiger charge is 2.64. The summed E-state index contributed by atoms with van der Waals surface area (Å²) in [6.07, 6.45) is 1.65. The Hall–Kier alpha value is -4.35. The first kappa shape index (κ1) is 58.2. The van der Waals surface area contributed by atoms with Crippen molar-refractivity contribution in [1.29, 1.82) is 0 Å². The van der Waals surface area contributed by atoms with E-state index in [1.807, 2.05) is 13.0 Å². The van der Waals surface area contributed by atoms with E-state index in [9.17, 15) is 33.9 Å². The number of halogens is 2. The molecule has 3 aliphatic heterocycles. The van der Waals surface area contributed by atoms with E-state index >= 15 is 0 Å². The van der Waals surface area contributed by atoms with Crippen molar-refractivity contribution in [3.8, 4) is 5.75 Å². The van der Waals surface area contributed by atoms with Gasteiger partial charge in [0.2, 0.25) is 23.6 Å². The van der Waals surface area contributed by atoms with E-state index in [0.717, 1.165) is 11.1 Å². The van der Waals surface area contributed by atoms with Gasteiger partial charge in [-0.25, -0.2) is 9.59 Å². The zero-order valence-corrected chi connectivity index (χ0v) is 43.8. The number of ether oxygens (including phenoxy) is 8. The van der Waals surface area contributed by atoms with Gasteiger partial charge in [0.15, 0.2) is 5.72 Å². The third kappa shape index (κ3) is 16.9. The van der Waals surface area contributed by atoms with Gasteiger partial charge in [-0.15, -0.1) is 0 Å². The number of alkyl halides is 1. The molecule has 0 radical (unpaired) electrons. The third-order valence-corrected chi connectivity index (χ3v) is 13.5. The molecule has 1 aromatic rings. The summed E-state index contributed by atoms with van der Waals surface area (Å²) in [7, 11) is 5.93. The van der Waals surface area contributed by atoms with Crippen LogP contribution < -0.4 is 25.6 Å². The fourth-order valence-corrected chi connectivity index (χ4v) is 8.67. The summed E-state index contributed by atoms with van der Waals surface area (Å²) in [5.74, 6) is -2.12. The molecule has 0 aromatic heterocycles. The molecule has 1 aromatic carbocycles. The van der Waals surface area contributed by atoms with Gasteiger partial charge in [0, 0.05) is 59.5 Å². The smallest absolute Gasteiger partial charge is 0.409 e. The Balaban J connectivity index is 1.35. The van der Waals surface area contributed by atoms with Crippen LogP contribution in [-0.2, 0) is 63.6 Å².